The molecule has 0 aromatic heterocycles. The molecule has 0 aliphatic rings. The van der Waals surface area contributed by atoms with Gasteiger partial charge in [0.1, 0.15) is 5.82 Å². The molecule has 0 aliphatic carbocycles. The van der Waals surface area contributed by atoms with Crippen LogP contribution in [-0.4, -0.2) is 14.2 Å². The molecule has 0 saturated heterocycles. The van der Waals surface area contributed by atoms with E-state index >= 15 is 0 Å². The Balaban J connectivity index is 1.98. The van der Waals surface area contributed by atoms with Crippen LogP contribution in [0.5, 0.6) is 11.5 Å². The van der Waals surface area contributed by atoms with Crippen molar-refractivity contribution in [3.63, 3.8) is 0 Å². The van der Waals surface area contributed by atoms with E-state index in [1.165, 1.54) is 6.07 Å². The Morgan fingerprint density at radius 1 is 0.952 bits per heavy atom. The summed E-state index contributed by atoms with van der Waals surface area (Å²) in [6.45, 7) is 3.28. The Labute approximate surface area is 124 Å². The molecule has 0 heterocycles. The first-order valence-electron chi connectivity index (χ1n) is 6.80. The minimum atomic E-state index is -0.205. The van der Waals surface area contributed by atoms with Crippen LogP contribution in [0.25, 0.3) is 0 Å². The van der Waals surface area contributed by atoms with Crippen molar-refractivity contribution in [1.82, 2.24) is 5.32 Å². The lowest BCUT2D eigenvalue weighted by Crippen LogP contribution is -2.13. The molecule has 0 spiro atoms. The number of rotatable bonds is 6. The van der Waals surface area contributed by atoms with E-state index in [1.807, 2.05) is 25.1 Å². The highest BCUT2D eigenvalue weighted by Gasteiger charge is 2.05. The summed E-state index contributed by atoms with van der Waals surface area (Å²) in [5, 5.41) is 3.31. The van der Waals surface area contributed by atoms with E-state index in [0.717, 1.165) is 16.7 Å². The third-order valence-electron chi connectivity index (χ3n) is 3.40. The van der Waals surface area contributed by atoms with Crippen molar-refractivity contribution >= 4 is 0 Å². The van der Waals surface area contributed by atoms with E-state index in [-0.39, 0.29) is 5.82 Å². The maximum atomic E-state index is 13.2. The lowest BCUT2D eigenvalue weighted by atomic mass is 10.1. The molecule has 1 N–H and O–H groups in total. The first kappa shape index (κ1) is 15.3. The van der Waals surface area contributed by atoms with E-state index in [1.54, 1.807) is 26.4 Å². The summed E-state index contributed by atoms with van der Waals surface area (Å²) in [6.07, 6.45) is 0. The monoisotopic (exact) mass is 289 g/mol. The van der Waals surface area contributed by atoms with Crippen LogP contribution in [0.15, 0.2) is 36.4 Å². The van der Waals surface area contributed by atoms with E-state index in [4.69, 9.17) is 9.47 Å². The topological polar surface area (TPSA) is 30.5 Å². The minimum absolute atomic E-state index is 0.205. The van der Waals surface area contributed by atoms with Gasteiger partial charge in [0.15, 0.2) is 11.5 Å². The number of benzene rings is 2. The van der Waals surface area contributed by atoms with Gasteiger partial charge in [0.25, 0.3) is 0 Å². The number of halogens is 1. The zero-order chi connectivity index (χ0) is 15.2. The molecule has 0 radical (unpaired) electrons. The normalized spacial score (nSPS) is 10.5. The first-order chi connectivity index (χ1) is 10.1. The van der Waals surface area contributed by atoms with Gasteiger partial charge in [-0.3, -0.25) is 0 Å². The number of hydrogen-bond donors (Lipinski definition) is 1. The second-order valence-electron chi connectivity index (χ2n) is 4.86. The summed E-state index contributed by atoms with van der Waals surface area (Å²) >= 11 is 0. The van der Waals surface area contributed by atoms with Crippen molar-refractivity contribution in [2.45, 2.75) is 20.0 Å². The quantitative estimate of drug-likeness (QED) is 0.883. The van der Waals surface area contributed by atoms with Crippen molar-refractivity contribution in [2.24, 2.45) is 0 Å². The molecule has 2 rings (SSSR count). The second-order valence-corrected chi connectivity index (χ2v) is 4.86. The molecular formula is C17H20FNO2. The molecule has 0 amide bonds. The van der Waals surface area contributed by atoms with Crippen LogP contribution in [0.2, 0.25) is 0 Å². The van der Waals surface area contributed by atoms with Crippen LogP contribution < -0.4 is 14.8 Å². The number of methoxy groups -OCH3 is 2. The summed E-state index contributed by atoms with van der Waals surface area (Å²) in [7, 11) is 3.23. The summed E-state index contributed by atoms with van der Waals surface area (Å²) in [5.41, 5.74) is 3.13. The summed E-state index contributed by atoms with van der Waals surface area (Å²) in [5.74, 6) is 1.21. The van der Waals surface area contributed by atoms with Gasteiger partial charge in [-0.05, 0) is 47.9 Å². The molecule has 0 atom stereocenters. The first-order valence-corrected chi connectivity index (χ1v) is 6.80. The minimum Gasteiger partial charge on any atom is -0.493 e. The molecule has 3 nitrogen and oxygen atoms in total. The Hall–Kier alpha value is -2.07. The van der Waals surface area contributed by atoms with Gasteiger partial charge in [0.05, 0.1) is 14.2 Å². The maximum Gasteiger partial charge on any atom is 0.161 e. The molecule has 112 valence electrons. The predicted octanol–water partition coefficient (Wildman–Crippen LogP) is 3.44. The molecular weight excluding hydrogens is 269 g/mol. The van der Waals surface area contributed by atoms with E-state index in [0.29, 0.717) is 24.6 Å². The molecule has 2 aromatic carbocycles. The summed E-state index contributed by atoms with van der Waals surface area (Å²) in [4.78, 5) is 0. The van der Waals surface area contributed by atoms with Gasteiger partial charge in [0.2, 0.25) is 0 Å². The van der Waals surface area contributed by atoms with Crippen LogP contribution in [0.4, 0.5) is 4.39 Å². The molecule has 0 aliphatic heterocycles. The van der Waals surface area contributed by atoms with Crippen molar-refractivity contribution in [1.29, 1.82) is 0 Å². The Kier molecular flexibility index (Phi) is 5.17. The van der Waals surface area contributed by atoms with Crippen molar-refractivity contribution in [3.05, 3.63) is 58.9 Å². The van der Waals surface area contributed by atoms with Gasteiger partial charge in [-0.25, -0.2) is 4.39 Å². The third-order valence-corrected chi connectivity index (χ3v) is 3.40. The van der Waals surface area contributed by atoms with E-state index in [9.17, 15) is 4.39 Å². The highest BCUT2D eigenvalue weighted by molar-refractivity contribution is 5.42. The maximum absolute atomic E-state index is 13.2. The third kappa shape index (κ3) is 3.95. The highest BCUT2D eigenvalue weighted by Crippen LogP contribution is 2.27. The fourth-order valence-corrected chi connectivity index (χ4v) is 2.16. The number of ether oxygens (including phenoxy) is 2. The van der Waals surface area contributed by atoms with Gasteiger partial charge in [-0.1, -0.05) is 12.1 Å². The SMILES string of the molecule is COc1ccc(CNCc2cc(F)ccc2C)cc1OC. The fourth-order valence-electron chi connectivity index (χ4n) is 2.16. The van der Waals surface area contributed by atoms with E-state index in [2.05, 4.69) is 5.32 Å². The molecule has 21 heavy (non-hydrogen) atoms. The summed E-state index contributed by atoms with van der Waals surface area (Å²) in [6, 6.07) is 10.6. The summed E-state index contributed by atoms with van der Waals surface area (Å²) < 4.78 is 23.7. The number of aryl methyl sites for hydroxylation is 1. The lowest BCUT2D eigenvalue weighted by Gasteiger charge is -2.11. The highest BCUT2D eigenvalue weighted by atomic mass is 19.1. The Morgan fingerprint density at radius 3 is 2.43 bits per heavy atom. The van der Waals surface area contributed by atoms with Crippen molar-refractivity contribution in [3.8, 4) is 11.5 Å². The smallest absolute Gasteiger partial charge is 0.161 e. The van der Waals surface area contributed by atoms with Crippen LogP contribution >= 0.6 is 0 Å². The standard InChI is InChI=1S/C17H20FNO2/c1-12-4-6-15(18)9-14(12)11-19-10-13-5-7-16(20-2)17(8-13)21-3/h4-9,19H,10-11H2,1-3H3. The second kappa shape index (κ2) is 7.09. The van der Waals surface area contributed by atoms with Crippen molar-refractivity contribution in [2.75, 3.05) is 14.2 Å². The lowest BCUT2D eigenvalue weighted by molar-refractivity contribution is 0.354. The van der Waals surface area contributed by atoms with Gasteiger partial charge in [-0.15, -0.1) is 0 Å². The van der Waals surface area contributed by atoms with Crippen LogP contribution in [0.3, 0.4) is 0 Å². The average Bonchev–Trinajstić information content (AvgIpc) is 2.50. The van der Waals surface area contributed by atoms with Gasteiger partial charge < -0.3 is 14.8 Å². The molecule has 4 heteroatoms. The van der Waals surface area contributed by atoms with Crippen LogP contribution in [-0.2, 0) is 13.1 Å². The van der Waals surface area contributed by atoms with Gasteiger partial charge in [-0.2, -0.15) is 0 Å². The largest absolute Gasteiger partial charge is 0.493 e. The number of hydrogen-bond acceptors (Lipinski definition) is 3. The molecule has 0 saturated carbocycles. The van der Waals surface area contributed by atoms with Gasteiger partial charge in [0, 0.05) is 13.1 Å². The molecule has 2 aromatic rings. The molecule has 0 bridgehead atoms. The van der Waals surface area contributed by atoms with Gasteiger partial charge >= 0.3 is 0 Å². The van der Waals surface area contributed by atoms with Crippen LogP contribution in [0.1, 0.15) is 16.7 Å². The molecule has 0 fully saturated rings. The molecule has 0 unspecified atom stereocenters. The van der Waals surface area contributed by atoms with Crippen molar-refractivity contribution < 1.29 is 13.9 Å². The average molecular weight is 289 g/mol. The predicted molar refractivity (Wildman–Crippen MR) is 81.2 cm³/mol. The fraction of sp³-hybridized carbons (Fsp3) is 0.294. The van der Waals surface area contributed by atoms with E-state index < -0.39 is 0 Å². The zero-order valence-electron chi connectivity index (χ0n) is 12.6. The Bertz CT molecular complexity index is 614. The number of nitrogens with one attached hydrogen (secondary N) is 1. The Morgan fingerprint density at radius 2 is 1.71 bits per heavy atom. The van der Waals surface area contributed by atoms with Crippen LogP contribution in [0, 0.1) is 12.7 Å². The zero-order valence-corrected chi connectivity index (χ0v) is 12.6.